The van der Waals surface area contributed by atoms with Crippen LogP contribution in [0, 0.1) is 13.8 Å². The molecule has 0 N–H and O–H groups in total. The maximum atomic E-state index is 5.65. The molecule has 0 aliphatic rings. The van der Waals surface area contributed by atoms with Gasteiger partial charge < -0.3 is 13.7 Å². The first kappa shape index (κ1) is 12.8. The van der Waals surface area contributed by atoms with Gasteiger partial charge >= 0.3 is 0 Å². The van der Waals surface area contributed by atoms with E-state index in [9.17, 15) is 0 Å². The van der Waals surface area contributed by atoms with Crippen LogP contribution in [0.1, 0.15) is 24.3 Å². The highest BCUT2D eigenvalue weighted by Gasteiger charge is 2.10. The van der Waals surface area contributed by atoms with Crippen molar-refractivity contribution < 1.29 is 9.15 Å². The van der Waals surface area contributed by atoms with Gasteiger partial charge in [-0.05, 0) is 39.0 Å². The molecule has 3 rings (SSSR count). The van der Waals surface area contributed by atoms with Crippen LogP contribution in [0.5, 0.6) is 5.75 Å². The van der Waals surface area contributed by atoms with Crippen molar-refractivity contribution in [2.75, 3.05) is 6.61 Å². The van der Waals surface area contributed by atoms with Crippen LogP contribution in [-0.2, 0) is 6.54 Å². The summed E-state index contributed by atoms with van der Waals surface area (Å²) in [4.78, 5) is 4.43. The zero-order valence-electron chi connectivity index (χ0n) is 12.0. The van der Waals surface area contributed by atoms with Gasteiger partial charge in [-0.15, -0.1) is 0 Å². The lowest BCUT2D eigenvalue weighted by Gasteiger charge is -2.06. The Kier molecular flexibility index (Phi) is 3.22. The second-order valence-corrected chi connectivity index (χ2v) is 4.81. The molecule has 0 amide bonds. The molecule has 0 spiro atoms. The molecule has 20 heavy (non-hydrogen) atoms. The van der Waals surface area contributed by atoms with E-state index in [2.05, 4.69) is 21.7 Å². The van der Waals surface area contributed by atoms with Crippen molar-refractivity contribution in [2.45, 2.75) is 27.3 Å². The second kappa shape index (κ2) is 5.04. The van der Waals surface area contributed by atoms with E-state index in [1.807, 2.05) is 39.1 Å². The lowest BCUT2D eigenvalue weighted by atomic mass is 10.2. The first-order valence-electron chi connectivity index (χ1n) is 6.82. The van der Waals surface area contributed by atoms with Crippen molar-refractivity contribution in [2.24, 2.45) is 0 Å². The Morgan fingerprint density at radius 3 is 2.80 bits per heavy atom. The van der Waals surface area contributed by atoms with Gasteiger partial charge in [-0.2, -0.15) is 0 Å². The standard InChI is InChI=1S/C16H18N2O2/c1-4-19-15-7-5-6-14-13(15)8-9-18(14)10-16-17-11(2)12(3)20-16/h5-9H,4,10H2,1-3H3. The highest BCUT2D eigenvalue weighted by atomic mass is 16.5. The van der Waals surface area contributed by atoms with Crippen LogP contribution in [0.4, 0.5) is 0 Å². The fourth-order valence-electron chi connectivity index (χ4n) is 2.37. The van der Waals surface area contributed by atoms with Gasteiger partial charge in [-0.1, -0.05) is 6.07 Å². The average molecular weight is 270 g/mol. The topological polar surface area (TPSA) is 40.2 Å². The summed E-state index contributed by atoms with van der Waals surface area (Å²) in [6.45, 7) is 7.19. The Morgan fingerprint density at radius 1 is 1.25 bits per heavy atom. The molecule has 0 radical (unpaired) electrons. The summed E-state index contributed by atoms with van der Waals surface area (Å²) in [5.74, 6) is 2.54. The van der Waals surface area contributed by atoms with Gasteiger partial charge in [-0.3, -0.25) is 0 Å². The molecule has 0 bridgehead atoms. The van der Waals surface area contributed by atoms with Crippen molar-refractivity contribution in [1.82, 2.24) is 9.55 Å². The van der Waals surface area contributed by atoms with E-state index in [0.717, 1.165) is 34.0 Å². The van der Waals surface area contributed by atoms with Gasteiger partial charge in [0.15, 0.2) is 0 Å². The summed E-state index contributed by atoms with van der Waals surface area (Å²) < 4.78 is 13.4. The number of aryl methyl sites for hydroxylation is 2. The number of ether oxygens (including phenoxy) is 1. The third-order valence-corrected chi connectivity index (χ3v) is 3.45. The number of benzene rings is 1. The first-order valence-corrected chi connectivity index (χ1v) is 6.82. The summed E-state index contributed by atoms with van der Waals surface area (Å²) in [7, 11) is 0. The van der Waals surface area contributed by atoms with Gasteiger partial charge in [-0.25, -0.2) is 4.98 Å². The molecule has 0 unspecified atom stereocenters. The Balaban J connectivity index is 1.98. The van der Waals surface area contributed by atoms with Crippen LogP contribution in [0.2, 0.25) is 0 Å². The summed E-state index contributed by atoms with van der Waals surface area (Å²) >= 11 is 0. The van der Waals surface area contributed by atoms with Crippen molar-refractivity contribution in [3.05, 3.63) is 47.8 Å². The molecular formula is C16H18N2O2. The van der Waals surface area contributed by atoms with Crippen LogP contribution < -0.4 is 4.74 Å². The molecule has 0 saturated carbocycles. The maximum absolute atomic E-state index is 5.65. The maximum Gasteiger partial charge on any atom is 0.214 e. The fourth-order valence-corrected chi connectivity index (χ4v) is 2.37. The van der Waals surface area contributed by atoms with Crippen LogP contribution in [0.15, 0.2) is 34.9 Å². The molecule has 0 aliphatic carbocycles. The molecule has 2 aromatic heterocycles. The van der Waals surface area contributed by atoms with E-state index in [-0.39, 0.29) is 0 Å². The van der Waals surface area contributed by atoms with Gasteiger partial charge in [0.1, 0.15) is 11.5 Å². The lowest BCUT2D eigenvalue weighted by molar-refractivity contribution is 0.344. The normalized spacial score (nSPS) is 11.2. The molecule has 0 saturated heterocycles. The number of fused-ring (bicyclic) bond motifs is 1. The molecule has 0 atom stereocenters. The number of hydrogen-bond donors (Lipinski definition) is 0. The molecule has 0 fully saturated rings. The van der Waals surface area contributed by atoms with Crippen molar-refractivity contribution in [3.8, 4) is 5.75 Å². The molecule has 4 nitrogen and oxygen atoms in total. The highest BCUT2D eigenvalue weighted by Crippen LogP contribution is 2.27. The van der Waals surface area contributed by atoms with Crippen LogP contribution >= 0.6 is 0 Å². The summed E-state index contributed by atoms with van der Waals surface area (Å²) in [5.41, 5.74) is 2.08. The Labute approximate surface area is 118 Å². The summed E-state index contributed by atoms with van der Waals surface area (Å²) in [6.07, 6.45) is 2.04. The minimum Gasteiger partial charge on any atom is -0.493 e. The van der Waals surface area contributed by atoms with E-state index in [4.69, 9.17) is 9.15 Å². The molecule has 3 aromatic rings. The van der Waals surface area contributed by atoms with Gasteiger partial charge in [0.25, 0.3) is 0 Å². The summed E-state index contributed by atoms with van der Waals surface area (Å²) in [5, 5.41) is 1.12. The Morgan fingerprint density at radius 2 is 2.10 bits per heavy atom. The Bertz CT molecular complexity index is 721. The lowest BCUT2D eigenvalue weighted by Crippen LogP contribution is -1.98. The van der Waals surface area contributed by atoms with Crippen LogP contribution in [0.3, 0.4) is 0 Å². The molecule has 104 valence electrons. The largest absolute Gasteiger partial charge is 0.493 e. The van der Waals surface area contributed by atoms with Crippen LogP contribution in [-0.4, -0.2) is 16.2 Å². The first-order chi connectivity index (χ1) is 9.69. The van der Waals surface area contributed by atoms with Gasteiger partial charge in [0, 0.05) is 11.6 Å². The van der Waals surface area contributed by atoms with Crippen molar-refractivity contribution >= 4 is 10.9 Å². The average Bonchev–Trinajstić information content (AvgIpc) is 2.96. The van der Waals surface area contributed by atoms with E-state index in [0.29, 0.717) is 13.2 Å². The Hall–Kier alpha value is -2.23. The number of hydrogen-bond acceptors (Lipinski definition) is 3. The molecule has 1 aromatic carbocycles. The highest BCUT2D eigenvalue weighted by molar-refractivity contribution is 5.86. The van der Waals surface area contributed by atoms with Crippen molar-refractivity contribution in [1.29, 1.82) is 0 Å². The third-order valence-electron chi connectivity index (χ3n) is 3.45. The number of aromatic nitrogens is 2. The zero-order chi connectivity index (χ0) is 14.1. The number of rotatable bonds is 4. The van der Waals surface area contributed by atoms with Gasteiger partial charge in [0.2, 0.25) is 5.89 Å². The van der Waals surface area contributed by atoms with E-state index >= 15 is 0 Å². The van der Waals surface area contributed by atoms with Crippen molar-refractivity contribution in [3.63, 3.8) is 0 Å². The zero-order valence-corrected chi connectivity index (χ0v) is 12.0. The predicted molar refractivity (Wildman–Crippen MR) is 78.2 cm³/mol. The van der Waals surface area contributed by atoms with E-state index in [1.54, 1.807) is 0 Å². The van der Waals surface area contributed by atoms with E-state index < -0.39 is 0 Å². The van der Waals surface area contributed by atoms with Gasteiger partial charge in [0.05, 0.1) is 24.4 Å². The predicted octanol–water partition coefficient (Wildman–Crippen LogP) is 3.69. The number of oxazole rings is 1. The molecule has 4 heteroatoms. The quantitative estimate of drug-likeness (QED) is 0.726. The minimum atomic E-state index is 0.633. The fraction of sp³-hybridized carbons (Fsp3) is 0.312. The summed E-state index contributed by atoms with van der Waals surface area (Å²) in [6, 6.07) is 8.16. The molecule has 0 aliphatic heterocycles. The third kappa shape index (κ3) is 2.18. The monoisotopic (exact) mass is 270 g/mol. The second-order valence-electron chi connectivity index (χ2n) is 4.81. The molecular weight excluding hydrogens is 252 g/mol. The minimum absolute atomic E-state index is 0.633. The number of nitrogens with zero attached hydrogens (tertiary/aromatic N) is 2. The van der Waals surface area contributed by atoms with Crippen LogP contribution in [0.25, 0.3) is 10.9 Å². The molecule has 2 heterocycles. The smallest absolute Gasteiger partial charge is 0.214 e. The van der Waals surface area contributed by atoms with E-state index in [1.165, 1.54) is 0 Å². The SMILES string of the molecule is CCOc1cccc2c1ccn2Cc1nc(C)c(C)o1.